The molecule has 66 valence electrons. The standard InChI is InChI=1S/C9H8BrN3/c1-11-7-2-3-12-8-4-6(10)5-13-9(7)8/h2-5H,1H3,(H,11,12). The van der Waals surface area contributed by atoms with E-state index in [1.165, 1.54) is 0 Å². The van der Waals surface area contributed by atoms with E-state index in [0.29, 0.717) is 0 Å². The number of nitrogens with zero attached hydrogens (tertiary/aromatic N) is 2. The van der Waals surface area contributed by atoms with Crippen LogP contribution in [0.15, 0.2) is 29.0 Å². The van der Waals surface area contributed by atoms with Crippen molar-refractivity contribution in [2.45, 2.75) is 0 Å². The third-order valence-electron chi connectivity index (χ3n) is 1.81. The predicted molar refractivity (Wildman–Crippen MR) is 56.8 cm³/mol. The molecule has 4 heteroatoms. The summed E-state index contributed by atoms with van der Waals surface area (Å²) in [4.78, 5) is 8.50. The summed E-state index contributed by atoms with van der Waals surface area (Å²) >= 11 is 3.36. The van der Waals surface area contributed by atoms with Crippen LogP contribution in [0.1, 0.15) is 0 Å². The molecule has 2 rings (SSSR count). The first-order valence-electron chi connectivity index (χ1n) is 3.89. The lowest BCUT2D eigenvalue weighted by atomic mass is 10.3. The van der Waals surface area contributed by atoms with Crippen molar-refractivity contribution < 1.29 is 0 Å². The Balaban J connectivity index is 2.77. The van der Waals surface area contributed by atoms with Crippen molar-refractivity contribution in [2.75, 3.05) is 12.4 Å². The van der Waals surface area contributed by atoms with Crippen molar-refractivity contribution in [1.29, 1.82) is 0 Å². The van der Waals surface area contributed by atoms with Crippen LogP contribution in [0.25, 0.3) is 11.0 Å². The molecule has 0 unspecified atom stereocenters. The number of halogens is 1. The number of aromatic nitrogens is 2. The Morgan fingerprint density at radius 3 is 3.00 bits per heavy atom. The zero-order chi connectivity index (χ0) is 9.26. The molecule has 0 saturated carbocycles. The Kier molecular flexibility index (Phi) is 2.14. The van der Waals surface area contributed by atoms with Gasteiger partial charge in [-0.25, -0.2) is 0 Å². The van der Waals surface area contributed by atoms with Gasteiger partial charge in [-0.2, -0.15) is 0 Å². The van der Waals surface area contributed by atoms with Gasteiger partial charge in [0.1, 0.15) is 5.52 Å². The molecule has 2 aromatic rings. The fourth-order valence-electron chi connectivity index (χ4n) is 1.21. The monoisotopic (exact) mass is 237 g/mol. The molecule has 0 amide bonds. The fourth-order valence-corrected chi connectivity index (χ4v) is 1.53. The minimum atomic E-state index is 0.890. The molecule has 0 saturated heterocycles. The Hall–Kier alpha value is -1.16. The van der Waals surface area contributed by atoms with Gasteiger partial charge in [0.05, 0.1) is 11.2 Å². The van der Waals surface area contributed by atoms with E-state index in [4.69, 9.17) is 0 Å². The van der Waals surface area contributed by atoms with Crippen LogP contribution in [0.2, 0.25) is 0 Å². The maximum Gasteiger partial charge on any atom is 0.112 e. The van der Waals surface area contributed by atoms with Crippen LogP contribution in [0.3, 0.4) is 0 Å². The fraction of sp³-hybridized carbons (Fsp3) is 0.111. The lowest BCUT2D eigenvalue weighted by molar-refractivity contribution is 1.31. The Morgan fingerprint density at radius 2 is 2.23 bits per heavy atom. The summed E-state index contributed by atoms with van der Waals surface area (Å²) in [6.45, 7) is 0. The van der Waals surface area contributed by atoms with Gasteiger partial charge in [-0.05, 0) is 28.1 Å². The van der Waals surface area contributed by atoms with Crippen molar-refractivity contribution >= 4 is 32.7 Å². The van der Waals surface area contributed by atoms with Gasteiger partial charge < -0.3 is 5.32 Å². The molecule has 0 radical (unpaired) electrons. The minimum absolute atomic E-state index is 0.890. The van der Waals surface area contributed by atoms with Gasteiger partial charge in [0, 0.05) is 23.9 Å². The van der Waals surface area contributed by atoms with Gasteiger partial charge in [0.15, 0.2) is 0 Å². The molecule has 0 aliphatic heterocycles. The highest BCUT2D eigenvalue weighted by Gasteiger charge is 2.01. The first-order valence-corrected chi connectivity index (χ1v) is 4.68. The molecule has 0 aliphatic carbocycles. The first kappa shape index (κ1) is 8.44. The van der Waals surface area contributed by atoms with E-state index in [0.717, 1.165) is 21.2 Å². The molecule has 0 aromatic carbocycles. The van der Waals surface area contributed by atoms with Crippen molar-refractivity contribution in [3.8, 4) is 0 Å². The number of hydrogen-bond donors (Lipinski definition) is 1. The molecule has 0 bridgehead atoms. The number of hydrogen-bond acceptors (Lipinski definition) is 3. The number of anilines is 1. The Labute approximate surface area is 84.3 Å². The van der Waals surface area contributed by atoms with E-state index in [9.17, 15) is 0 Å². The quantitative estimate of drug-likeness (QED) is 0.829. The lowest BCUT2D eigenvalue weighted by Crippen LogP contribution is -1.92. The van der Waals surface area contributed by atoms with E-state index >= 15 is 0 Å². The van der Waals surface area contributed by atoms with Crippen LogP contribution in [-0.2, 0) is 0 Å². The van der Waals surface area contributed by atoms with E-state index < -0.39 is 0 Å². The zero-order valence-electron chi connectivity index (χ0n) is 7.08. The Morgan fingerprint density at radius 1 is 1.38 bits per heavy atom. The van der Waals surface area contributed by atoms with Crippen LogP contribution in [0, 0.1) is 0 Å². The molecule has 2 heterocycles. The summed E-state index contributed by atoms with van der Waals surface area (Å²) < 4.78 is 0.945. The molecule has 3 nitrogen and oxygen atoms in total. The lowest BCUT2D eigenvalue weighted by Gasteiger charge is -2.03. The summed E-state index contributed by atoms with van der Waals surface area (Å²) in [7, 11) is 1.87. The topological polar surface area (TPSA) is 37.8 Å². The highest BCUT2D eigenvalue weighted by Crippen LogP contribution is 2.21. The second-order valence-corrected chi connectivity index (χ2v) is 3.55. The number of rotatable bonds is 1. The predicted octanol–water partition coefficient (Wildman–Crippen LogP) is 2.43. The number of fused-ring (bicyclic) bond motifs is 1. The van der Waals surface area contributed by atoms with Crippen LogP contribution in [-0.4, -0.2) is 17.0 Å². The average molecular weight is 238 g/mol. The minimum Gasteiger partial charge on any atom is -0.386 e. The number of pyridine rings is 2. The van der Waals surface area contributed by atoms with Gasteiger partial charge in [-0.15, -0.1) is 0 Å². The zero-order valence-corrected chi connectivity index (χ0v) is 8.67. The van der Waals surface area contributed by atoms with Gasteiger partial charge >= 0.3 is 0 Å². The summed E-state index contributed by atoms with van der Waals surface area (Å²) in [5.41, 5.74) is 2.78. The molecule has 0 atom stereocenters. The third-order valence-corrected chi connectivity index (χ3v) is 2.25. The largest absolute Gasteiger partial charge is 0.386 e. The number of nitrogens with one attached hydrogen (secondary N) is 1. The summed E-state index contributed by atoms with van der Waals surface area (Å²) in [6, 6.07) is 3.85. The Bertz CT molecular complexity index is 442. The molecule has 0 fully saturated rings. The van der Waals surface area contributed by atoms with Crippen molar-refractivity contribution in [1.82, 2.24) is 9.97 Å². The highest BCUT2D eigenvalue weighted by molar-refractivity contribution is 9.10. The molecule has 2 aromatic heterocycles. The first-order chi connectivity index (χ1) is 6.31. The van der Waals surface area contributed by atoms with Crippen molar-refractivity contribution in [3.05, 3.63) is 29.0 Å². The van der Waals surface area contributed by atoms with Crippen molar-refractivity contribution in [3.63, 3.8) is 0 Å². The maximum atomic E-state index is 4.28. The van der Waals surface area contributed by atoms with E-state index in [-0.39, 0.29) is 0 Å². The molecule has 0 aliphatic rings. The molecule has 13 heavy (non-hydrogen) atoms. The maximum absolute atomic E-state index is 4.28. The summed E-state index contributed by atoms with van der Waals surface area (Å²) in [5.74, 6) is 0. The van der Waals surface area contributed by atoms with Crippen LogP contribution < -0.4 is 5.32 Å². The summed E-state index contributed by atoms with van der Waals surface area (Å²) in [6.07, 6.45) is 3.53. The molecule has 0 spiro atoms. The van der Waals surface area contributed by atoms with Crippen LogP contribution in [0.4, 0.5) is 5.69 Å². The van der Waals surface area contributed by atoms with E-state index in [2.05, 4.69) is 31.2 Å². The highest BCUT2D eigenvalue weighted by atomic mass is 79.9. The normalized spacial score (nSPS) is 10.3. The van der Waals surface area contributed by atoms with Crippen molar-refractivity contribution in [2.24, 2.45) is 0 Å². The average Bonchev–Trinajstić information content (AvgIpc) is 2.16. The van der Waals surface area contributed by atoms with Gasteiger partial charge in [0.25, 0.3) is 0 Å². The third kappa shape index (κ3) is 1.49. The van der Waals surface area contributed by atoms with E-state index in [1.807, 2.05) is 19.2 Å². The van der Waals surface area contributed by atoms with Gasteiger partial charge in [-0.1, -0.05) is 0 Å². The van der Waals surface area contributed by atoms with Crippen LogP contribution >= 0.6 is 15.9 Å². The molecular formula is C9H8BrN3. The van der Waals surface area contributed by atoms with Crippen LogP contribution in [0.5, 0.6) is 0 Å². The second kappa shape index (κ2) is 3.30. The van der Waals surface area contributed by atoms with Gasteiger partial charge in [-0.3, -0.25) is 9.97 Å². The smallest absolute Gasteiger partial charge is 0.112 e. The second-order valence-electron chi connectivity index (χ2n) is 2.63. The summed E-state index contributed by atoms with van der Waals surface area (Å²) in [5, 5.41) is 3.07. The van der Waals surface area contributed by atoms with E-state index in [1.54, 1.807) is 12.4 Å². The molecule has 1 N–H and O–H groups in total. The SMILES string of the molecule is CNc1ccnc2cc(Br)cnc12. The molecular weight excluding hydrogens is 230 g/mol. The van der Waals surface area contributed by atoms with Gasteiger partial charge in [0.2, 0.25) is 0 Å².